The van der Waals surface area contributed by atoms with E-state index in [9.17, 15) is 14.7 Å². The van der Waals surface area contributed by atoms with Gasteiger partial charge in [-0.15, -0.1) is 0 Å². The quantitative estimate of drug-likeness (QED) is 0.339. The lowest BCUT2D eigenvalue weighted by atomic mass is 10.1. The monoisotopic (exact) mass is 392 g/mol. The summed E-state index contributed by atoms with van der Waals surface area (Å²) in [5.41, 5.74) is 1.59. The van der Waals surface area contributed by atoms with Crippen LogP contribution in [0.25, 0.3) is 0 Å². The second-order valence-corrected chi connectivity index (χ2v) is 8.04. The van der Waals surface area contributed by atoms with E-state index in [1.165, 1.54) is 12.1 Å². The third kappa shape index (κ3) is 5.47. The molecule has 0 radical (unpaired) electrons. The molecule has 0 bridgehead atoms. The molecule has 2 aromatic rings. The van der Waals surface area contributed by atoms with Gasteiger partial charge in [-0.1, -0.05) is 30.3 Å². The minimum atomic E-state index is -3.55. The van der Waals surface area contributed by atoms with Crippen LogP contribution in [0.2, 0.25) is 0 Å². The third-order valence-electron chi connectivity index (χ3n) is 4.06. The van der Waals surface area contributed by atoms with Crippen molar-refractivity contribution in [1.29, 1.82) is 0 Å². The zero-order valence-corrected chi connectivity index (χ0v) is 16.6. The largest absolute Gasteiger partial charge is 0.351 e. The second-order valence-electron chi connectivity index (χ2n) is 5.93. The predicted molar refractivity (Wildman–Crippen MR) is 105 cm³/mol. The van der Waals surface area contributed by atoms with Crippen molar-refractivity contribution in [3.8, 4) is 0 Å². The average molecular weight is 392 g/mol. The Morgan fingerprint density at radius 3 is 2.04 bits per heavy atom. The molecule has 0 saturated carbocycles. The highest BCUT2D eigenvalue weighted by molar-refractivity contribution is 7.54. The summed E-state index contributed by atoms with van der Waals surface area (Å²) in [4.78, 5) is 10.5. The summed E-state index contributed by atoms with van der Waals surface area (Å²) < 4.78 is 24.5. The second kappa shape index (κ2) is 9.76. The van der Waals surface area contributed by atoms with Gasteiger partial charge in [-0.25, -0.2) is 0 Å². The van der Waals surface area contributed by atoms with Crippen molar-refractivity contribution < 1.29 is 18.5 Å². The van der Waals surface area contributed by atoms with Crippen molar-refractivity contribution in [3.05, 3.63) is 75.8 Å². The lowest BCUT2D eigenvalue weighted by molar-refractivity contribution is -0.384. The molecule has 0 aliphatic heterocycles. The van der Waals surface area contributed by atoms with Gasteiger partial charge in [0.05, 0.1) is 18.1 Å². The summed E-state index contributed by atoms with van der Waals surface area (Å²) in [6.45, 7) is 5.90. The highest BCUT2D eigenvalue weighted by Crippen LogP contribution is 2.60. The summed E-state index contributed by atoms with van der Waals surface area (Å²) >= 11 is 0. The van der Waals surface area contributed by atoms with Crippen LogP contribution < -0.4 is 5.32 Å². The van der Waals surface area contributed by atoms with Gasteiger partial charge in [0.15, 0.2) is 0 Å². The van der Waals surface area contributed by atoms with Crippen molar-refractivity contribution in [2.75, 3.05) is 13.2 Å². The van der Waals surface area contributed by atoms with E-state index in [0.29, 0.717) is 5.56 Å². The minimum absolute atomic E-state index is 0.0312. The maximum atomic E-state index is 13.5. The van der Waals surface area contributed by atoms with Crippen LogP contribution >= 0.6 is 7.60 Å². The fraction of sp³-hybridized carbons (Fsp3) is 0.368. The molecule has 0 aliphatic carbocycles. The Morgan fingerprint density at radius 2 is 1.56 bits per heavy atom. The first kappa shape index (κ1) is 21.3. The van der Waals surface area contributed by atoms with Crippen molar-refractivity contribution in [1.82, 2.24) is 5.32 Å². The van der Waals surface area contributed by atoms with Gasteiger partial charge in [0.1, 0.15) is 5.78 Å². The van der Waals surface area contributed by atoms with E-state index >= 15 is 0 Å². The molecule has 146 valence electrons. The number of nitrogens with one attached hydrogen (secondary N) is 1. The van der Waals surface area contributed by atoms with Gasteiger partial charge in [-0.05, 0) is 44.0 Å². The van der Waals surface area contributed by atoms with Gasteiger partial charge in [-0.2, -0.15) is 0 Å². The van der Waals surface area contributed by atoms with E-state index in [4.69, 9.17) is 9.05 Å². The third-order valence-corrected chi connectivity index (χ3v) is 6.38. The standard InChI is InChI=1S/C19H25N2O5P/c1-4-25-27(24,26-5-2)19(17-11-13-18(14-12-17)21(22)23)20-15(3)16-9-7-6-8-10-16/h6-15,19-20H,4-5H2,1-3H3. The van der Waals surface area contributed by atoms with Gasteiger partial charge < -0.3 is 9.05 Å². The molecule has 0 amide bonds. The molecule has 0 aliphatic rings. The first-order valence-electron chi connectivity index (χ1n) is 8.85. The number of rotatable bonds is 10. The van der Waals surface area contributed by atoms with Gasteiger partial charge >= 0.3 is 7.60 Å². The summed E-state index contributed by atoms with van der Waals surface area (Å²) in [5, 5.41) is 14.3. The topological polar surface area (TPSA) is 90.7 Å². The zero-order valence-electron chi connectivity index (χ0n) is 15.7. The van der Waals surface area contributed by atoms with Crippen LogP contribution in [-0.4, -0.2) is 18.1 Å². The molecule has 8 heteroatoms. The number of benzene rings is 2. The number of nitro benzene ring substituents is 1. The molecule has 7 nitrogen and oxygen atoms in total. The Labute approximate surface area is 159 Å². The van der Waals surface area contributed by atoms with Crippen LogP contribution in [0, 0.1) is 10.1 Å². The molecule has 2 atom stereocenters. The van der Waals surface area contributed by atoms with E-state index in [1.807, 2.05) is 37.3 Å². The van der Waals surface area contributed by atoms with Crippen LogP contribution in [0.4, 0.5) is 5.69 Å². The fourth-order valence-electron chi connectivity index (χ4n) is 2.77. The predicted octanol–water partition coefficient (Wildman–Crippen LogP) is 5.21. The number of hydrogen-bond acceptors (Lipinski definition) is 6. The summed E-state index contributed by atoms with van der Waals surface area (Å²) in [6.07, 6.45) is 0. The van der Waals surface area contributed by atoms with E-state index in [-0.39, 0.29) is 24.9 Å². The van der Waals surface area contributed by atoms with E-state index in [0.717, 1.165) is 5.56 Å². The van der Waals surface area contributed by atoms with E-state index in [1.54, 1.807) is 26.0 Å². The highest BCUT2D eigenvalue weighted by atomic mass is 31.2. The molecule has 0 spiro atoms. The number of nitrogens with zero attached hydrogens (tertiary/aromatic N) is 1. The van der Waals surface area contributed by atoms with Crippen LogP contribution in [0.15, 0.2) is 54.6 Å². The highest BCUT2D eigenvalue weighted by Gasteiger charge is 2.38. The molecule has 27 heavy (non-hydrogen) atoms. The number of nitro groups is 1. The molecule has 2 aromatic carbocycles. The summed E-state index contributed by atoms with van der Waals surface area (Å²) in [7, 11) is -3.55. The van der Waals surface area contributed by atoms with Gasteiger partial charge in [-0.3, -0.25) is 20.0 Å². The van der Waals surface area contributed by atoms with Crippen LogP contribution in [0.5, 0.6) is 0 Å². The zero-order chi connectivity index (χ0) is 19.9. The Kier molecular flexibility index (Phi) is 7.68. The molecule has 0 heterocycles. The molecular weight excluding hydrogens is 367 g/mol. The number of hydrogen-bond donors (Lipinski definition) is 1. The van der Waals surface area contributed by atoms with Crippen molar-refractivity contribution in [3.63, 3.8) is 0 Å². The normalized spacial score (nSPS) is 13.9. The summed E-state index contributed by atoms with van der Waals surface area (Å²) in [6, 6.07) is 15.5. The van der Waals surface area contributed by atoms with Crippen LogP contribution in [-0.2, 0) is 13.6 Å². The van der Waals surface area contributed by atoms with Gasteiger partial charge in [0.2, 0.25) is 0 Å². The molecule has 2 unspecified atom stereocenters. The van der Waals surface area contributed by atoms with Crippen molar-refractivity contribution >= 4 is 13.3 Å². The maximum absolute atomic E-state index is 13.5. The fourth-order valence-corrected chi connectivity index (χ4v) is 4.81. The SMILES string of the molecule is CCOP(=O)(OCC)C(NC(C)c1ccccc1)c1ccc([N+](=O)[O-])cc1. The van der Waals surface area contributed by atoms with E-state index < -0.39 is 18.3 Å². The Hall–Kier alpha value is -2.05. The Bertz CT molecular complexity index is 772. The lowest BCUT2D eigenvalue weighted by Crippen LogP contribution is -2.26. The smallest absolute Gasteiger partial charge is 0.308 e. The van der Waals surface area contributed by atoms with Crippen molar-refractivity contribution in [2.24, 2.45) is 0 Å². The molecule has 0 saturated heterocycles. The minimum Gasteiger partial charge on any atom is -0.308 e. The van der Waals surface area contributed by atoms with Crippen LogP contribution in [0.3, 0.4) is 0 Å². The van der Waals surface area contributed by atoms with Crippen molar-refractivity contribution in [2.45, 2.75) is 32.6 Å². The molecule has 0 aromatic heterocycles. The number of non-ortho nitro benzene ring substituents is 1. The lowest BCUT2D eigenvalue weighted by Gasteiger charge is -2.30. The average Bonchev–Trinajstić information content (AvgIpc) is 2.67. The molecule has 0 fully saturated rings. The van der Waals surface area contributed by atoms with E-state index in [2.05, 4.69) is 5.32 Å². The molecule has 2 rings (SSSR count). The Morgan fingerprint density at radius 1 is 1.00 bits per heavy atom. The first-order valence-corrected chi connectivity index (χ1v) is 10.5. The Balaban J connectivity index is 2.40. The van der Waals surface area contributed by atoms with Crippen LogP contribution in [0.1, 0.15) is 43.7 Å². The molecular formula is C19H25N2O5P. The first-order chi connectivity index (χ1) is 12.9. The van der Waals surface area contributed by atoms with Gasteiger partial charge in [0.25, 0.3) is 5.69 Å². The maximum Gasteiger partial charge on any atom is 0.351 e. The summed E-state index contributed by atoms with van der Waals surface area (Å²) in [5.74, 6) is -0.756. The molecule has 1 N–H and O–H groups in total. The van der Waals surface area contributed by atoms with Gasteiger partial charge in [0, 0.05) is 18.2 Å².